The SMILES string of the molecule is CCC[C@H](c1cccc(C(N)=O)c1)N1C(=N)NC(CC)(CC)CC1=O. The standard InChI is InChI=1S/C19H28N4O2/c1-4-8-15(13-9-7-10-14(11-13)17(20)25)23-16(24)12-19(5-2,6-3)22-18(23)21/h7,9-11,15H,4-6,8,12H2,1-3H3,(H2,20,25)(H2,21,22)/t15-/m1/s1. The van der Waals surface area contributed by atoms with Crippen LogP contribution in [0.3, 0.4) is 0 Å². The van der Waals surface area contributed by atoms with Crippen LogP contribution in [-0.4, -0.2) is 28.2 Å². The molecule has 1 fully saturated rings. The molecule has 0 aromatic heterocycles. The molecule has 1 aliphatic rings. The molecule has 136 valence electrons. The Balaban J connectivity index is 2.37. The third kappa shape index (κ3) is 3.83. The van der Waals surface area contributed by atoms with Gasteiger partial charge >= 0.3 is 0 Å². The van der Waals surface area contributed by atoms with Crippen molar-refractivity contribution in [3.63, 3.8) is 0 Å². The average Bonchev–Trinajstić information content (AvgIpc) is 2.60. The molecule has 0 aliphatic carbocycles. The smallest absolute Gasteiger partial charge is 0.248 e. The van der Waals surface area contributed by atoms with Gasteiger partial charge in [-0.1, -0.05) is 39.3 Å². The van der Waals surface area contributed by atoms with Crippen molar-refractivity contribution in [2.45, 2.75) is 64.5 Å². The lowest BCUT2D eigenvalue weighted by molar-refractivity contribution is -0.132. The number of rotatable bonds is 7. The number of nitrogens with zero attached hydrogens (tertiary/aromatic N) is 1. The van der Waals surface area contributed by atoms with Gasteiger partial charge in [-0.2, -0.15) is 0 Å². The number of guanidine groups is 1. The van der Waals surface area contributed by atoms with E-state index >= 15 is 0 Å². The first-order chi connectivity index (χ1) is 11.9. The minimum atomic E-state index is -0.494. The maximum Gasteiger partial charge on any atom is 0.248 e. The molecule has 1 aromatic rings. The second-order valence-corrected chi connectivity index (χ2v) is 6.70. The van der Waals surface area contributed by atoms with Crippen molar-refractivity contribution in [2.75, 3.05) is 0 Å². The Labute approximate surface area is 149 Å². The van der Waals surface area contributed by atoms with Crippen LogP contribution in [0.25, 0.3) is 0 Å². The van der Waals surface area contributed by atoms with Gasteiger partial charge in [0.1, 0.15) is 0 Å². The molecule has 1 saturated heterocycles. The Morgan fingerprint density at radius 3 is 2.56 bits per heavy atom. The number of nitrogens with one attached hydrogen (secondary N) is 2. The molecule has 1 aliphatic heterocycles. The van der Waals surface area contributed by atoms with Gasteiger partial charge in [0.25, 0.3) is 0 Å². The highest BCUT2D eigenvalue weighted by Gasteiger charge is 2.41. The van der Waals surface area contributed by atoms with Crippen molar-refractivity contribution in [3.8, 4) is 0 Å². The number of benzene rings is 1. The number of amides is 2. The number of carbonyl (C=O) groups excluding carboxylic acids is 2. The average molecular weight is 344 g/mol. The first kappa shape index (κ1) is 19.0. The monoisotopic (exact) mass is 344 g/mol. The summed E-state index contributed by atoms with van der Waals surface area (Å²) >= 11 is 0. The fraction of sp³-hybridized carbons (Fsp3) is 0.526. The van der Waals surface area contributed by atoms with Crippen LogP contribution in [0, 0.1) is 5.41 Å². The fourth-order valence-corrected chi connectivity index (χ4v) is 3.48. The number of hydrogen-bond acceptors (Lipinski definition) is 3. The summed E-state index contributed by atoms with van der Waals surface area (Å²) in [7, 11) is 0. The van der Waals surface area contributed by atoms with Gasteiger partial charge in [-0.3, -0.25) is 19.9 Å². The molecule has 6 heteroatoms. The quantitative estimate of drug-likeness (QED) is 0.709. The topological polar surface area (TPSA) is 99.3 Å². The predicted octanol–water partition coefficient (Wildman–Crippen LogP) is 2.94. The number of hydrogen-bond donors (Lipinski definition) is 3. The maximum absolute atomic E-state index is 12.9. The van der Waals surface area contributed by atoms with Gasteiger partial charge in [0, 0.05) is 11.1 Å². The molecular formula is C19H28N4O2. The van der Waals surface area contributed by atoms with E-state index in [9.17, 15) is 9.59 Å². The number of primary amides is 1. The summed E-state index contributed by atoms with van der Waals surface area (Å²) in [5.74, 6) is -0.399. The fourth-order valence-electron chi connectivity index (χ4n) is 3.48. The first-order valence-corrected chi connectivity index (χ1v) is 8.96. The third-order valence-corrected chi connectivity index (χ3v) is 5.17. The molecule has 0 spiro atoms. The van der Waals surface area contributed by atoms with E-state index in [-0.39, 0.29) is 23.4 Å². The Bertz CT molecular complexity index is 647. The summed E-state index contributed by atoms with van der Waals surface area (Å²) in [6, 6.07) is 6.77. The van der Waals surface area contributed by atoms with Crippen molar-refractivity contribution in [2.24, 2.45) is 5.73 Å². The van der Waals surface area contributed by atoms with Crippen LogP contribution < -0.4 is 11.1 Å². The Hall–Kier alpha value is -2.37. The van der Waals surface area contributed by atoms with Crippen LogP contribution in [0.15, 0.2) is 24.3 Å². The molecule has 2 rings (SSSR count). The van der Waals surface area contributed by atoms with Crippen LogP contribution in [0.1, 0.15) is 74.8 Å². The van der Waals surface area contributed by atoms with E-state index in [2.05, 4.69) is 5.32 Å². The zero-order valence-electron chi connectivity index (χ0n) is 15.3. The number of carbonyl (C=O) groups is 2. The van der Waals surface area contributed by atoms with Crippen molar-refractivity contribution in [3.05, 3.63) is 35.4 Å². The highest BCUT2D eigenvalue weighted by atomic mass is 16.2. The highest BCUT2D eigenvalue weighted by molar-refractivity contribution is 5.99. The molecule has 0 radical (unpaired) electrons. The lowest BCUT2D eigenvalue weighted by Gasteiger charge is -2.45. The summed E-state index contributed by atoms with van der Waals surface area (Å²) in [6.07, 6.45) is 3.53. The van der Waals surface area contributed by atoms with E-state index in [1.165, 1.54) is 4.90 Å². The van der Waals surface area contributed by atoms with E-state index in [0.29, 0.717) is 18.4 Å². The zero-order valence-corrected chi connectivity index (χ0v) is 15.3. The van der Waals surface area contributed by atoms with E-state index in [1.54, 1.807) is 18.2 Å². The van der Waals surface area contributed by atoms with Crippen molar-refractivity contribution in [1.29, 1.82) is 5.41 Å². The third-order valence-electron chi connectivity index (χ3n) is 5.17. The molecule has 0 bridgehead atoms. The van der Waals surface area contributed by atoms with Gasteiger partial charge in [-0.05, 0) is 37.0 Å². The second kappa shape index (κ2) is 7.68. The largest absolute Gasteiger partial charge is 0.366 e. The van der Waals surface area contributed by atoms with Gasteiger partial charge < -0.3 is 11.1 Å². The molecule has 1 atom stereocenters. The zero-order chi connectivity index (χ0) is 18.6. The maximum atomic E-state index is 12.9. The van der Waals surface area contributed by atoms with Gasteiger partial charge in [-0.15, -0.1) is 0 Å². The van der Waals surface area contributed by atoms with Crippen LogP contribution in [0.5, 0.6) is 0 Å². The molecular weight excluding hydrogens is 316 g/mol. The summed E-state index contributed by atoms with van der Waals surface area (Å²) in [4.78, 5) is 25.9. The highest BCUT2D eigenvalue weighted by Crippen LogP contribution is 2.33. The normalized spacial score (nSPS) is 18.0. The molecule has 4 N–H and O–H groups in total. The van der Waals surface area contributed by atoms with Crippen molar-refractivity contribution >= 4 is 17.8 Å². The summed E-state index contributed by atoms with van der Waals surface area (Å²) in [5.41, 5.74) is 6.30. The molecule has 1 aromatic carbocycles. The molecule has 6 nitrogen and oxygen atoms in total. The Morgan fingerprint density at radius 2 is 2.04 bits per heavy atom. The van der Waals surface area contributed by atoms with E-state index < -0.39 is 5.91 Å². The van der Waals surface area contributed by atoms with Gasteiger partial charge in [0.2, 0.25) is 11.8 Å². The van der Waals surface area contributed by atoms with Crippen LogP contribution in [0.4, 0.5) is 0 Å². The first-order valence-electron chi connectivity index (χ1n) is 8.96. The van der Waals surface area contributed by atoms with Gasteiger partial charge in [0.15, 0.2) is 5.96 Å². The van der Waals surface area contributed by atoms with Gasteiger partial charge in [-0.25, -0.2) is 0 Å². The molecule has 1 heterocycles. The summed E-state index contributed by atoms with van der Waals surface area (Å²) in [6.45, 7) is 6.11. The minimum Gasteiger partial charge on any atom is -0.366 e. The summed E-state index contributed by atoms with van der Waals surface area (Å²) < 4.78 is 0. The molecule has 0 unspecified atom stereocenters. The summed E-state index contributed by atoms with van der Waals surface area (Å²) in [5, 5.41) is 11.7. The van der Waals surface area contributed by atoms with Crippen LogP contribution in [-0.2, 0) is 4.79 Å². The van der Waals surface area contributed by atoms with Crippen molar-refractivity contribution in [1.82, 2.24) is 10.2 Å². The Kier molecular flexibility index (Phi) is 5.82. The minimum absolute atomic E-state index is 0.0459. The van der Waals surface area contributed by atoms with E-state index in [1.807, 2.05) is 26.8 Å². The molecule has 2 amide bonds. The van der Waals surface area contributed by atoms with E-state index in [4.69, 9.17) is 11.1 Å². The number of nitrogens with two attached hydrogens (primary N) is 1. The molecule has 25 heavy (non-hydrogen) atoms. The van der Waals surface area contributed by atoms with Crippen LogP contribution in [0.2, 0.25) is 0 Å². The second-order valence-electron chi connectivity index (χ2n) is 6.70. The van der Waals surface area contributed by atoms with Gasteiger partial charge in [0.05, 0.1) is 12.5 Å². The molecule has 0 saturated carbocycles. The van der Waals surface area contributed by atoms with Crippen LogP contribution >= 0.6 is 0 Å². The predicted molar refractivity (Wildman–Crippen MR) is 98.2 cm³/mol. The van der Waals surface area contributed by atoms with Crippen molar-refractivity contribution < 1.29 is 9.59 Å². The Morgan fingerprint density at radius 1 is 1.36 bits per heavy atom. The lowest BCUT2D eigenvalue weighted by Crippen LogP contribution is -2.62. The van der Waals surface area contributed by atoms with E-state index in [0.717, 1.165) is 24.8 Å². The lowest BCUT2D eigenvalue weighted by atomic mass is 9.86.